The number of benzene rings is 2. The van der Waals surface area contributed by atoms with Gasteiger partial charge in [0.1, 0.15) is 0 Å². The van der Waals surface area contributed by atoms with E-state index in [1.807, 2.05) is 0 Å². The molecule has 0 amide bonds. The topological polar surface area (TPSA) is 149 Å². The Bertz CT molecular complexity index is 1090. The van der Waals surface area contributed by atoms with Crippen LogP contribution in [0.2, 0.25) is 0 Å². The molecule has 0 saturated heterocycles. The van der Waals surface area contributed by atoms with E-state index in [9.17, 15) is 34.5 Å². The molecule has 0 aliphatic heterocycles. The molecule has 0 fully saturated rings. The van der Waals surface area contributed by atoms with Gasteiger partial charge >= 0.3 is 23.9 Å². The van der Waals surface area contributed by atoms with Crippen LogP contribution in [0.1, 0.15) is 71.0 Å². The molecule has 2 aromatic rings. The summed E-state index contributed by atoms with van der Waals surface area (Å²) in [6.07, 6.45) is 1.75. The predicted molar refractivity (Wildman–Crippen MR) is 96.2 cm³/mol. The summed E-state index contributed by atoms with van der Waals surface area (Å²) < 4.78 is 0. The van der Waals surface area contributed by atoms with Crippen LogP contribution in [-0.2, 0) is 0 Å². The van der Waals surface area contributed by atoms with Crippen molar-refractivity contribution in [1.82, 2.24) is 0 Å². The van der Waals surface area contributed by atoms with Gasteiger partial charge in [-0.25, -0.2) is 19.2 Å². The average Bonchev–Trinajstić information content (AvgIpc) is 2.96. The molecule has 142 valence electrons. The fourth-order valence-electron chi connectivity index (χ4n) is 3.39. The van der Waals surface area contributed by atoms with E-state index in [0.717, 1.165) is 0 Å². The molecule has 1 atom stereocenters. The van der Waals surface area contributed by atoms with Gasteiger partial charge in [-0.1, -0.05) is 12.1 Å². The molecular weight excluding hydrogens is 368 g/mol. The number of aromatic carboxylic acids is 4. The van der Waals surface area contributed by atoms with Gasteiger partial charge in [0, 0.05) is 5.92 Å². The first-order valence-corrected chi connectivity index (χ1v) is 8.05. The van der Waals surface area contributed by atoms with Crippen LogP contribution in [0, 0.1) is 0 Å². The standard InChI is InChI=1S/C20H14O8/c1-8-4-12(9-2-3-10(17(21)22)14(5-9)18(23)24)13-7-16(20(27)28)15(19(25)26)6-11(8)13/h2-7,12H,1H3,(H,21,22)(H,23,24)(H,25,26)(H,27,28). The smallest absolute Gasteiger partial charge is 0.336 e. The summed E-state index contributed by atoms with van der Waals surface area (Å²) >= 11 is 0. The zero-order valence-corrected chi connectivity index (χ0v) is 14.5. The number of carboxylic acids is 4. The quantitative estimate of drug-likeness (QED) is 0.616. The molecule has 2 aromatic carbocycles. The van der Waals surface area contributed by atoms with E-state index in [1.165, 1.54) is 30.3 Å². The van der Waals surface area contributed by atoms with Crippen LogP contribution in [0.4, 0.5) is 0 Å². The zero-order chi connectivity index (χ0) is 20.7. The lowest BCUT2D eigenvalue weighted by atomic mass is 9.88. The fraction of sp³-hybridized carbons (Fsp3) is 0.100. The average molecular weight is 382 g/mol. The van der Waals surface area contributed by atoms with Crippen LogP contribution in [0.3, 0.4) is 0 Å². The van der Waals surface area contributed by atoms with Gasteiger partial charge in [0.25, 0.3) is 0 Å². The Hall–Kier alpha value is -3.94. The molecule has 0 saturated carbocycles. The molecule has 4 N–H and O–H groups in total. The van der Waals surface area contributed by atoms with E-state index in [1.54, 1.807) is 13.0 Å². The lowest BCUT2D eigenvalue weighted by Gasteiger charge is -2.15. The molecule has 0 spiro atoms. The predicted octanol–water partition coefficient (Wildman–Crippen LogP) is 3.03. The van der Waals surface area contributed by atoms with Crippen LogP contribution in [0.25, 0.3) is 5.57 Å². The van der Waals surface area contributed by atoms with Crippen LogP contribution >= 0.6 is 0 Å². The third kappa shape index (κ3) is 3.01. The number of carbonyl (C=O) groups is 4. The Morgan fingerprint density at radius 3 is 1.75 bits per heavy atom. The van der Waals surface area contributed by atoms with Crippen LogP contribution in [-0.4, -0.2) is 44.3 Å². The van der Waals surface area contributed by atoms with Crippen molar-refractivity contribution < 1.29 is 39.6 Å². The summed E-state index contributed by atoms with van der Waals surface area (Å²) in [5.74, 6) is -6.06. The van der Waals surface area contributed by atoms with Gasteiger partial charge in [-0.05, 0) is 53.5 Å². The third-order valence-electron chi connectivity index (χ3n) is 4.69. The van der Waals surface area contributed by atoms with E-state index >= 15 is 0 Å². The Kier molecular flexibility index (Phi) is 4.48. The first-order valence-electron chi connectivity index (χ1n) is 8.05. The molecular formula is C20H14O8. The number of rotatable bonds is 5. The van der Waals surface area contributed by atoms with Crippen molar-refractivity contribution in [3.8, 4) is 0 Å². The maximum absolute atomic E-state index is 11.5. The largest absolute Gasteiger partial charge is 0.478 e. The van der Waals surface area contributed by atoms with E-state index in [4.69, 9.17) is 5.11 Å². The van der Waals surface area contributed by atoms with Crippen molar-refractivity contribution in [3.05, 3.63) is 75.4 Å². The van der Waals surface area contributed by atoms with E-state index < -0.39 is 29.8 Å². The number of fused-ring (bicyclic) bond motifs is 1. The second-order valence-corrected chi connectivity index (χ2v) is 6.34. The molecule has 1 aliphatic rings. The monoisotopic (exact) mass is 382 g/mol. The van der Waals surface area contributed by atoms with Crippen LogP contribution < -0.4 is 0 Å². The van der Waals surface area contributed by atoms with E-state index in [-0.39, 0.29) is 22.3 Å². The van der Waals surface area contributed by atoms with Crippen molar-refractivity contribution in [2.24, 2.45) is 0 Å². The third-order valence-corrected chi connectivity index (χ3v) is 4.69. The van der Waals surface area contributed by atoms with Gasteiger partial charge in [0.05, 0.1) is 22.3 Å². The summed E-state index contributed by atoms with van der Waals surface area (Å²) in [6.45, 7) is 1.73. The summed E-state index contributed by atoms with van der Waals surface area (Å²) in [6, 6.07) is 6.44. The molecule has 8 nitrogen and oxygen atoms in total. The molecule has 28 heavy (non-hydrogen) atoms. The summed E-state index contributed by atoms with van der Waals surface area (Å²) in [5.41, 5.74) is 0.768. The van der Waals surface area contributed by atoms with Gasteiger partial charge in [0.2, 0.25) is 0 Å². The maximum atomic E-state index is 11.5. The highest BCUT2D eigenvalue weighted by Gasteiger charge is 2.29. The van der Waals surface area contributed by atoms with Crippen LogP contribution in [0.15, 0.2) is 36.4 Å². The molecule has 8 heteroatoms. The number of allylic oxidation sites excluding steroid dienone is 2. The lowest BCUT2D eigenvalue weighted by Crippen LogP contribution is -2.11. The van der Waals surface area contributed by atoms with Gasteiger partial charge < -0.3 is 20.4 Å². The Labute approximate surface area is 158 Å². The molecule has 3 rings (SSSR count). The number of hydrogen-bond donors (Lipinski definition) is 4. The Morgan fingerprint density at radius 1 is 0.714 bits per heavy atom. The zero-order valence-electron chi connectivity index (χ0n) is 14.5. The van der Waals surface area contributed by atoms with Gasteiger partial charge in [-0.2, -0.15) is 0 Å². The number of hydrogen-bond acceptors (Lipinski definition) is 4. The molecule has 0 heterocycles. The first kappa shape index (κ1) is 18.8. The lowest BCUT2D eigenvalue weighted by molar-refractivity contribution is 0.0651. The summed E-state index contributed by atoms with van der Waals surface area (Å²) in [5, 5.41) is 37.1. The van der Waals surface area contributed by atoms with Crippen molar-refractivity contribution in [2.45, 2.75) is 12.8 Å². The Morgan fingerprint density at radius 2 is 1.21 bits per heavy atom. The second-order valence-electron chi connectivity index (χ2n) is 6.34. The summed E-state index contributed by atoms with van der Waals surface area (Å²) in [4.78, 5) is 45.6. The molecule has 0 radical (unpaired) electrons. The highest BCUT2D eigenvalue weighted by molar-refractivity contribution is 6.04. The van der Waals surface area contributed by atoms with Crippen molar-refractivity contribution in [1.29, 1.82) is 0 Å². The maximum Gasteiger partial charge on any atom is 0.336 e. The van der Waals surface area contributed by atoms with Gasteiger partial charge in [-0.3, -0.25) is 0 Å². The highest BCUT2D eigenvalue weighted by Crippen LogP contribution is 2.41. The van der Waals surface area contributed by atoms with E-state index in [2.05, 4.69) is 0 Å². The highest BCUT2D eigenvalue weighted by atomic mass is 16.4. The minimum absolute atomic E-state index is 0.341. The van der Waals surface area contributed by atoms with E-state index in [0.29, 0.717) is 22.3 Å². The minimum atomic E-state index is -1.40. The minimum Gasteiger partial charge on any atom is -0.478 e. The Balaban J connectivity index is 2.21. The van der Waals surface area contributed by atoms with Crippen LogP contribution in [0.5, 0.6) is 0 Å². The SMILES string of the molecule is CC1=CC(c2ccc(C(=O)O)c(C(=O)O)c2)c2cc(C(=O)O)c(C(=O)O)cc21. The van der Waals surface area contributed by atoms with Gasteiger partial charge in [0.15, 0.2) is 0 Å². The molecule has 1 unspecified atom stereocenters. The van der Waals surface area contributed by atoms with Crippen molar-refractivity contribution in [2.75, 3.05) is 0 Å². The van der Waals surface area contributed by atoms with Gasteiger partial charge in [-0.15, -0.1) is 0 Å². The fourth-order valence-corrected chi connectivity index (χ4v) is 3.39. The molecule has 0 bridgehead atoms. The molecule has 0 aromatic heterocycles. The first-order chi connectivity index (χ1) is 13.1. The summed E-state index contributed by atoms with van der Waals surface area (Å²) in [7, 11) is 0. The second kappa shape index (κ2) is 6.66. The number of carboxylic acid groups (broad SMARTS) is 4. The van der Waals surface area contributed by atoms with Crippen molar-refractivity contribution in [3.63, 3.8) is 0 Å². The molecule has 1 aliphatic carbocycles. The van der Waals surface area contributed by atoms with Crippen molar-refractivity contribution >= 4 is 29.5 Å². The normalized spacial score (nSPS) is 14.9.